The Morgan fingerprint density at radius 2 is 1.90 bits per heavy atom. The van der Waals surface area contributed by atoms with Gasteiger partial charge in [0.15, 0.2) is 6.29 Å². The lowest BCUT2D eigenvalue weighted by atomic mass is 9.81. The number of aromatic nitrogens is 4. The van der Waals surface area contributed by atoms with Gasteiger partial charge in [-0.1, -0.05) is 17.7 Å². The number of nitrogens with one attached hydrogen (secondary N) is 1. The number of fused-ring (bicyclic) bond motifs is 1. The molecule has 4 heterocycles. The molecule has 5 rings (SSSR count). The molecule has 31 heavy (non-hydrogen) atoms. The number of rotatable bonds is 4. The van der Waals surface area contributed by atoms with Crippen molar-refractivity contribution in [3.05, 3.63) is 51.9 Å². The van der Waals surface area contributed by atoms with Gasteiger partial charge in [0.1, 0.15) is 0 Å². The third kappa shape index (κ3) is 3.28. The number of hydrogen-bond acceptors (Lipinski definition) is 6. The number of aromatic amines is 1. The van der Waals surface area contributed by atoms with Crippen molar-refractivity contribution in [1.29, 1.82) is 0 Å². The van der Waals surface area contributed by atoms with Crippen molar-refractivity contribution in [2.45, 2.75) is 33.2 Å². The molecule has 0 amide bonds. The number of halogens is 1. The fraction of sp³-hybridized carbons (Fsp3) is 0.391. The lowest BCUT2D eigenvalue weighted by Crippen LogP contribution is -2.65. The van der Waals surface area contributed by atoms with Crippen LogP contribution in [-0.4, -0.2) is 52.1 Å². The van der Waals surface area contributed by atoms with Crippen molar-refractivity contribution >= 4 is 29.5 Å². The Hall–Kier alpha value is -2.93. The van der Waals surface area contributed by atoms with Gasteiger partial charge in [-0.15, -0.1) is 0 Å². The van der Waals surface area contributed by atoms with Crippen LogP contribution in [0, 0.1) is 26.7 Å². The van der Waals surface area contributed by atoms with E-state index >= 15 is 0 Å². The minimum atomic E-state index is 0.324. The summed E-state index contributed by atoms with van der Waals surface area (Å²) in [6, 6.07) is 6.38. The summed E-state index contributed by atoms with van der Waals surface area (Å²) in [7, 11) is 0. The molecule has 160 valence electrons. The first-order valence-electron chi connectivity index (χ1n) is 10.6. The number of H-pyrrole nitrogens is 1. The second-order valence-corrected chi connectivity index (χ2v) is 8.88. The van der Waals surface area contributed by atoms with E-state index in [-0.39, 0.29) is 0 Å². The predicted molar refractivity (Wildman–Crippen MR) is 122 cm³/mol. The summed E-state index contributed by atoms with van der Waals surface area (Å²) in [4.78, 5) is 26.0. The molecule has 2 aliphatic heterocycles. The Morgan fingerprint density at radius 1 is 1.13 bits per heavy atom. The van der Waals surface area contributed by atoms with Gasteiger partial charge in [0.25, 0.3) is 0 Å². The van der Waals surface area contributed by atoms with E-state index in [4.69, 9.17) is 11.6 Å². The minimum absolute atomic E-state index is 0.324. The third-order valence-corrected chi connectivity index (χ3v) is 7.18. The van der Waals surface area contributed by atoms with Crippen LogP contribution in [0.5, 0.6) is 0 Å². The zero-order valence-electron chi connectivity index (χ0n) is 17.9. The van der Waals surface area contributed by atoms with Gasteiger partial charge in [0.2, 0.25) is 5.95 Å². The topological polar surface area (TPSA) is 78.0 Å². The normalized spacial score (nSPS) is 20.4. The van der Waals surface area contributed by atoms with Gasteiger partial charge in [-0.3, -0.25) is 9.89 Å². The molecule has 0 bridgehead atoms. The Balaban J connectivity index is 1.46. The highest BCUT2D eigenvalue weighted by Crippen LogP contribution is 2.41. The fourth-order valence-electron chi connectivity index (χ4n) is 4.92. The molecule has 2 aliphatic rings. The van der Waals surface area contributed by atoms with Gasteiger partial charge >= 0.3 is 0 Å². The summed E-state index contributed by atoms with van der Waals surface area (Å²) in [6.45, 7) is 8.59. The predicted octanol–water partition coefficient (Wildman–Crippen LogP) is 3.97. The van der Waals surface area contributed by atoms with Crippen LogP contribution in [0.2, 0.25) is 5.02 Å². The SMILES string of the molecule is Cc1ccc(N2C[C@H]3CCN(c4nc(C)c(Cl)c(C)n4)C[C@H]32)c(C=O)c1-c1ccn[nH]1. The zero-order valence-corrected chi connectivity index (χ0v) is 18.6. The smallest absolute Gasteiger partial charge is 0.225 e. The Kier molecular flexibility index (Phi) is 4.93. The molecule has 8 heteroatoms. The number of hydrogen-bond donors (Lipinski definition) is 1. The number of aryl methyl sites for hydroxylation is 3. The lowest BCUT2D eigenvalue weighted by molar-refractivity contribution is 0.112. The van der Waals surface area contributed by atoms with Crippen molar-refractivity contribution in [1.82, 2.24) is 20.2 Å². The highest BCUT2D eigenvalue weighted by molar-refractivity contribution is 6.31. The van der Waals surface area contributed by atoms with Gasteiger partial charge in [-0.25, -0.2) is 9.97 Å². The maximum absolute atomic E-state index is 12.2. The van der Waals surface area contributed by atoms with Gasteiger partial charge in [-0.05, 0) is 44.9 Å². The fourth-order valence-corrected chi connectivity index (χ4v) is 5.01. The molecule has 2 atom stereocenters. The molecule has 1 aromatic carbocycles. The van der Waals surface area contributed by atoms with E-state index in [1.165, 1.54) is 0 Å². The van der Waals surface area contributed by atoms with Crippen molar-refractivity contribution in [3.63, 3.8) is 0 Å². The molecule has 3 aromatic rings. The van der Waals surface area contributed by atoms with Gasteiger partial charge < -0.3 is 9.80 Å². The van der Waals surface area contributed by atoms with E-state index in [0.717, 1.165) is 72.2 Å². The average molecular weight is 437 g/mol. The molecule has 0 aliphatic carbocycles. The molecule has 0 spiro atoms. The largest absolute Gasteiger partial charge is 0.365 e. The standard InChI is InChI=1S/C23H25ClN6O/c1-13-4-5-19(17(12-31)21(13)18-6-8-25-28-18)30-10-16-7-9-29(11-20(16)30)23-26-14(2)22(24)15(3)27-23/h4-6,8,12,16,20H,7,9-11H2,1-3H3,(H,25,28)/t16-,20-/m1/s1. The van der Waals surface area contributed by atoms with Gasteiger partial charge in [-0.2, -0.15) is 5.10 Å². The van der Waals surface area contributed by atoms with E-state index in [0.29, 0.717) is 22.5 Å². The van der Waals surface area contributed by atoms with Crippen LogP contribution in [0.1, 0.15) is 33.7 Å². The number of carbonyl (C=O) groups excluding carboxylic acids is 1. The van der Waals surface area contributed by atoms with E-state index in [1.54, 1.807) is 6.20 Å². The zero-order chi connectivity index (χ0) is 21.7. The maximum atomic E-state index is 12.2. The number of benzene rings is 1. The number of carbonyl (C=O) groups is 1. The van der Waals surface area contributed by atoms with Crippen LogP contribution in [0.25, 0.3) is 11.3 Å². The maximum Gasteiger partial charge on any atom is 0.225 e. The molecular weight excluding hydrogens is 412 g/mol. The third-order valence-electron chi connectivity index (χ3n) is 6.63. The number of piperidine rings is 1. The first-order valence-corrected chi connectivity index (χ1v) is 11.0. The number of anilines is 2. The average Bonchev–Trinajstić information content (AvgIpc) is 3.27. The quantitative estimate of drug-likeness (QED) is 0.623. The molecule has 2 saturated heterocycles. The molecular formula is C23H25ClN6O. The Morgan fingerprint density at radius 3 is 2.58 bits per heavy atom. The highest BCUT2D eigenvalue weighted by atomic mass is 35.5. The first-order chi connectivity index (χ1) is 15.0. The molecule has 1 N–H and O–H groups in total. The van der Waals surface area contributed by atoms with Crippen molar-refractivity contribution < 1.29 is 4.79 Å². The molecule has 0 unspecified atom stereocenters. The first kappa shape index (κ1) is 20.0. The summed E-state index contributed by atoms with van der Waals surface area (Å²) >= 11 is 6.27. The molecule has 0 saturated carbocycles. The van der Waals surface area contributed by atoms with E-state index < -0.39 is 0 Å². The number of nitrogens with zero attached hydrogens (tertiary/aromatic N) is 5. The summed E-state index contributed by atoms with van der Waals surface area (Å²) < 4.78 is 0. The molecule has 0 radical (unpaired) electrons. The van der Waals surface area contributed by atoms with Crippen LogP contribution in [-0.2, 0) is 0 Å². The molecule has 7 nitrogen and oxygen atoms in total. The monoisotopic (exact) mass is 436 g/mol. The minimum Gasteiger partial charge on any atom is -0.365 e. The van der Waals surface area contributed by atoms with E-state index in [1.807, 2.05) is 26.8 Å². The van der Waals surface area contributed by atoms with Crippen molar-refractivity contribution in [3.8, 4) is 11.3 Å². The van der Waals surface area contributed by atoms with Crippen molar-refractivity contribution in [2.75, 3.05) is 29.4 Å². The van der Waals surface area contributed by atoms with Crippen molar-refractivity contribution in [2.24, 2.45) is 5.92 Å². The van der Waals surface area contributed by atoms with E-state index in [9.17, 15) is 4.79 Å². The molecule has 2 aromatic heterocycles. The molecule has 2 fully saturated rings. The summed E-state index contributed by atoms with van der Waals surface area (Å²) in [6.07, 6.45) is 3.77. The van der Waals surface area contributed by atoms with Crippen LogP contribution in [0.15, 0.2) is 24.4 Å². The van der Waals surface area contributed by atoms with Gasteiger partial charge in [0, 0.05) is 48.6 Å². The van der Waals surface area contributed by atoms with Crippen LogP contribution < -0.4 is 9.80 Å². The summed E-state index contributed by atoms with van der Waals surface area (Å²) in [5.74, 6) is 1.35. The Labute approximate surface area is 186 Å². The Bertz CT molecular complexity index is 1120. The summed E-state index contributed by atoms with van der Waals surface area (Å²) in [5.41, 5.74) is 6.16. The van der Waals surface area contributed by atoms with Gasteiger partial charge in [0.05, 0.1) is 28.1 Å². The lowest BCUT2D eigenvalue weighted by Gasteiger charge is -2.55. The van der Waals surface area contributed by atoms with Crippen LogP contribution >= 0.6 is 11.6 Å². The second kappa shape index (κ2) is 7.64. The van der Waals surface area contributed by atoms with E-state index in [2.05, 4.69) is 42.1 Å². The van der Waals surface area contributed by atoms with Crippen LogP contribution in [0.3, 0.4) is 0 Å². The summed E-state index contributed by atoms with van der Waals surface area (Å²) in [5, 5.41) is 7.71. The van der Waals surface area contributed by atoms with Crippen LogP contribution in [0.4, 0.5) is 11.6 Å². The second-order valence-electron chi connectivity index (χ2n) is 8.50. The highest BCUT2D eigenvalue weighted by Gasteiger charge is 2.44. The number of aldehydes is 1.